The van der Waals surface area contributed by atoms with E-state index in [2.05, 4.69) is 41.4 Å². The van der Waals surface area contributed by atoms with E-state index in [0.29, 0.717) is 13.0 Å². The third-order valence-electron chi connectivity index (χ3n) is 4.30. The Morgan fingerprint density at radius 3 is 2.90 bits per heavy atom. The molecular formula is C17H27N3O. The predicted molar refractivity (Wildman–Crippen MR) is 87.5 cm³/mol. The van der Waals surface area contributed by atoms with Crippen molar-refractivity contribution in [1.29, 1.82) is 0 Å². The zero-order valence-electron chi connectivity index (χ0n) is 13.4. The lowest BCUT2D eigenvalue weighted by molar-refractivity contribution is -0.126. The van der Waals surface area contributed by atoms with Crippen molar-refractivity contribution in [2.45, 2.75) is 51.6 Å². The van der Waals surface area contributed by atoms with Gasteiger partial charge in [0.2, 0.25) is 5.91 Å². The largest absolute Gasteiger partial charge is 0.366 e. The number of para-hydroxylation sites is 1. The maximum absolute atomic E-state index is 12.2. The summed E-state index contributed by atoms with van der Waals surface area (Å²) in [5.74, 6) is -0.0521. The summed E-state index contributed by atoms with van der Waals surface area (Å²) in [5.41, 5.74) is 7.98. The zero-order valence-corrected chi connectivity index (χ0v) is 13.4. The normalized spacial score (nSPS) is 18.0. The average molecular weight is 289 g/mol. The molecule has 2 atom stereocenters. The summed E-state index contributed by atoms with van der Waals surface area (Å²) in [5, 5.41) is 3.01. The van der Waals surface area contributed by atoms with Crippen LogP contribution in [0.4, 0.5) is 5.69 Å². The fourth-order valence-corrected chi connectivity index (χ4v) is 3.01. The van der Waals surface area contributed by atoms with Gasteiger partial charge in [-0.05, 0) is 38.3 Å². The molecule has 0 fully saturated rings. The predicted octanol–water partition coefficient (Wildman–Crippen LogP) is 2.07. The van der Waals surface area contributed by atoms with Crippen LogP contribution in [0.2, 0.25) is 0 Å². The molecule has 3 N–H and O–H groups in total. The highest BCUT2D eigenvalue weighted by Gasteiger charge is 2.28. The second-order valence-electron chi connectivity index (χ2n) is 6.30. The van der Waals surface area contributed by atoms with E-state index >= 15 is 0 Å². The third-order valence-corrected chi connectivity index (χ3v) is 4.30. The molecule has 0 aromatic heterocycles. The first-order valence-electron chi connectivity index (χ1n) is 7.87. The summed E-state index contributed by atoms with van der Waals surface area (Å²) in [4.78, 5) is 14.5. The number of carbonyl (C=O) groups is 1. The van der Waals surface area contributed by atoms with E-state index in [1.54, 1.807) is 0 Å². The number of rotatable bonds is 6. The van der Waals surface area contributed by atoms with E-state index in [-0.39, 0.29) is 11.9 Å². The minimum Gasteiger partial charge on any atom is -0.366 e. The molecule has 116 valence electrons. The summed E-state index contributed by atoms with van der Waals surface area (Å²) in [6.07, 6.45) is 2.70. The number of carbonyl (C=O) groups excluding carboxylic acids is 1. The molecule has 1 aliphatic heterocycles. The summed E-state index contributed by atoms with van der Waals surface area (Å²) >= 11 is 0. The van der Waals surface area contributed by atoms with Gasteiger partial charge in [0.1, 0.15) is 0 Å². The zero-order chi connectivity index (χ0) is 15.5. The lowest BCUT2D eigenvalue weighted by Gasteiger charge is -2.29. The second-order valence-corrected chi connectivity index (χ2v) is 6.30. The SMILES string of the molecule is CCCC(C)(N)C(=O)NCC(C)N1CCc2ccccc21. The van der Waals surface area contributed by atoms with E-state index in [9.17, 15) is 4.79 Å². The number of benzene rings is 1. The Morgan fingerprint density at radius 1 is 1.48 bits per heavy atom. The van der Waals surface area contributed by atoms with Crippen molar-refractivity contribution >= 4 is 11.6 Å². The Morgan fingerprint density at radius 2 is 2.19 bits per heavy atom. The van der Waals surface area contributed by atoms with Crippen molar-refractivity contribution < 1.29 is 4.79 Å². The Balaban J connectivity index is 1.92. The molecule has 1 aromatic carbocycles. The standard InChI is InChI=1S/C17H27N3O/c1-4-10-17(3,18)16(21)19-12-13(2)20-11-9-14-7-5-6-8-15(14)20/h5-8,13H,4,9-12,18H2,1-3H3,(H,19,21). The molecule has 4 nitrogen and oxygen atoms in total. The van der Waals surface area contributed by atoms with Gasteiger partial charge in [-0.3, -0.25) is 4.79 Å². The smallest absolute Gasteiger partial charge is 0.239 e. The van der Waals surface area contributed by atoms with Crippen LogP contribution in [0, 0.1) is 0 Å². The molecule has 0 aliphatic carbocycles. The highest BCUT2D eigenvalue weighted by atomic mass is 16.2. The van der Waals surface area contributed by atoms with E-state index < -0.39 is 5.54 Å². The van der Waals surface area contributed by atoms with Crippen LogP contribution in [0.3, 0.4) is 0 Å². The molecule has 2 rings (SSSR count). The van der Waals surface area contributed by atoms with Gasteiger partial charge in [-0.1, -0.05) is 31.5 Å². The molecule has 0 spiro atoms. The lowest BCUT2D eigenvalue weighted by atomic mass is 9.96. The van der Waals surface area contributed by atoms with E-state index in [1.807, 2.05) is 13.8 Å². The number of nitrogens with zero attached hydrogens (tertiary/aromatic N) is 1. The van der Waals surface area contributed by atoms with Crippen LogP contribution in [0.25, 0.3) is 0 Å². The van der Waals surface area contributed by atoms with Crippen molar-refractivity contribution in [2.24, 2.45) is 5.73 Å². The summed E-state index contributed by atoms with van der Waals surface area (Å²) in [6, 6.07) is 8.76. The van der Waals surface area contributed by atoms with Crippen molar-refractivity contribution in [1.82, 2.24) is 5.32 Å². The van der Waals surface area contributed by atoms with Crippen LogP contribution in [0.5, 0.6) is 0 Å². The minimum atomic E-state index is -0.766. The van der Waals surface area contributed by atoms with Gasteiger partial charge >= 0.3 is 0 Å². The second kappa shape index (κ2) is 6.48. The number of amides is 1. The number of fused-ring (bicyclic) bond motifs is 1. The maximum atomic E-state index is 12.2. The first-order chi connectivity index (χ1) is 9.95. The Labute approximate surface area is 127 Å². The van der Waals surface area contributed by atoms with Crippen LogP contribution in [-0.2, 0) is 11.2 Å². The molecule has 0 radical (unpaired) electrons. The Kier molecular flexibility index (Phi) is 4.88. The molecule has 0 saturated heterocycles. The fraction of sp³-hybridized carbons (Fsp3) is 0.588. The first kappa shape index (κ1) is 15.8. The van der Waals surface area contributed by atoms with Gasteiger partial charge in [-0.25, -0.2) is 0 Å². The molecule has 0 saturated carbocycles. The topological polar surface area (TPSA) is 58.4 Å². The molecule has 1 aromatic rings. The van der Waals surface area contributed by atoms with Crippen molar-refractivity contribution in [3.8, 4) is 0 Å². The number of nitrogens with one attached hydrogen (secondary N) is 1. The summed E-state index contributed by atoms with van der Waals surface area (Å²) < 4.78 is 0. The number of anilines is 1. The van der Waals surface area contributed by atoms with Crippen LogP contribution in [0.1, 0.15) is 39.2 Å². The van der Waals surface area contributed by atoms with Gasteiger partial charge in [-0.15, -0.1) is 0 Å². The number of nitrogens with two attached hydrogens (primary N) is 1. The number of hydrogen-bond donors (Lipinski definition) is 2. The molecule has 2 unspecified atom stereocenters. The van der Waals surface area contributed by atoms with Crippen LogP contribution < -0.4 is 16.0 Å². The Hall–Kier alpha value is -1.55. The van der Waals surface area contributed by atoms with Gasteiger partial charge in [0.05, 0.1) is 5.54 Å². The van der Waals surface area contributed by atoms with Crippen molar-refractivity contribution in [3.05, 3.63) is 29.8 Å². The first-order valence-corrected chi connectivity index (χ1v) is 7.87. The highest BCUT2D eigenvalue weighted by Crippen LogP contribution is 2.28. The van der Waals surface area contributed by atoms with Crippen molar-refractivity contribution in [2.75, 3.05) is 18.0 Å². The highest BCUT2D eigenvalue weighted by molar-refractivity contribution is 5.85. The molecular weight excluding hydrogens is 262 g/mol. The van der Waals surface area contributed by atoms with E-state index in [1.165, 1.54) is 11.3 Å². The Bertz CT molecular complexity index is 499. The van der Waals surface area contributed by atoms with Gasteiger partial charge in [0.25, 0.3) is 0 Å². The van der Waals surface area contributed by atoms with E-state index in [4.69, 9.17) is 5.73 Å². The molecule has 0 bridgehead atoms. The van der Waals surface area contributed by atoms with Crippen LogP contribution >= 0.6 is 0 Å². The van der Waals surface area contributed by atoms with E-state index in [0.717, 1.165) is 19.4 Å². The third kappa shape index (κ3) is 3.56. The maximum Gasteiger partial charge on any atom is 0.239 e. The minimum absolute atomic E-state index is 0.0521. The van der Waals surface area contributed by atoms with Gasteiger partial charge < -0.3 is 16.0 Å². The van der Waals surface area contributed by atoms with Crippen LogP contribution in [0.15, 0.2) is 24.3 Å². The molecule has 4 heteroatoms. The quantitative estimate of drug-likeness (QED) is 0.843. The molecule has 1 heterocycles. The van der Waals surface area contributed by atoms with Crippen molar-refractivity contribution in [3.63, 3.8) is 0 Å². The fourth-order valence-electron chi connectivity index (χ4n) is 3.01. The molecule has 1 amide bonds. The van der Waals surface area contributed by atoms with Gasteiger partial charge in [0.15, 0.2) is 0 Å². The monoisotopic (exact) mass is 289 g/mol. The summed E-state index contributed by atoms with van der Waals surface area (Å²) in [7, 11) is 0. The molecule has 1 aliphatic rings. The average Bonchev–Trinajstić information content (AvgIpc) is 2.88. The van der Waals surface area contributed by atoms with Gasteiger partial charge in [-0.2, -0.15) is 0 Å². The van der Waals surface area contributed by atoms with Gasteiger partial charge in [0, 0.05) is 24.8 Å². The lowest BCUT2D eigenvalue weighted by Crippen LogP contribution is -2.54. The number of hydrogen-bond acceptors (Lipinski definition) is 3. The molecule has 21 heavy (non-hydrogen) atoms. The van der Waals surface area contributed by atoms with Crippen LogP contribution in [-0.4, -0.2) is 30.6 Å². The summed E-state index contributed by atoms with van der Waals surface area (Å²) in [6.45, 7) is 7.65.